The van der Waals surface area contributed by atoms with Crippen LogP contribution in [0.25, 0.3) is 0 Å². The van der Waals surface area contributed by atoms with E-state index >= 15 is 0 Å². The summed E-state index contributed by atoms with van der Waals surface area (Å²) >= 11 is 12.2. The number of anilines is 3. The van der Waals surface area contributed by atoms with Crippen LogP contribution in [0.5, 0.6) is 0 Å². The summed E-state index contributed by atoms with van der Waals surface area (Å²) in [5.74, 6) is -1.79. The molecule has 0 aromatic heterocycles. The fourth-order valence-electron chi connectivity index (χ4n) is 2.70. The van der Waals surface area contributed by atoms with E-state index in [1.54, 1.807) is 12.1 Å². The molecular formula is C22H16Cl2FN3O3. The average molecular weight is 460 g/mol. The van der Waals surface area contributed by atoms with E-state index in [1.165, 1.54) is 43.3 Å². The minimum Gasteiger partial charge on any atom is -0.325 e. The van der Waals surface area contributed by atoms with Gasteiger partial charge in [0.25, 0.3) is 11.8 Å². The topological polar surface area (TPSA) is 87.3 Å². The number of carbonyl (C=O) groups excluding carboxylic acids is 3. The first-order valence-corrected chi connectivity index (χ1v) is 9.73. The van der Waals surface area contributed by atoms with Crippen LogP contribution in [-0.2, 0) is 4.79 Å². The average Bonchev–Trinajstić information content (AvgIpc) is 2.70. The van der Waals surface area contributed by atoms with Crippen molar-refractivity contribution in [3.05, 3.63) is 87.7 Å². The van der Waals surface area contributed by atoms with Gasteiger partial charge >= 0.3 is 0 Å². The zero-order valence-corrected chi connectivity index (χ0v) is 17.6. The molecule has 3 N–H and O–H groups in total. The van der Waals surface area contributed by atoms with E-state index in [1.807, 2.05) is 0 Å². The number of nitrogens with one attached hydrogen (secondary N) is 3. The van der Waals surface area contributed by atoms with E-state index in [4.69, 9.17) is 23.2 Å². The molecule has 6 nitrogen and oxygen atoms in total. The molecule has 0 saturated carbocycles. The zero-order valence-electron chi connectivity index (χ0n) is 16.1. The Hall–Kier alpha value is -3.42. The molecule has 3 amide bonds. The lowest BCUT2D eigenvalue weighted by atomic mass is 10.1. The van der Waals surface area contributed by atoms with Crippen molar-refractivity contribution in [1.82, 2.24) is 0 Å². The standard InChI is InChI=1S/C22H16Cl2FN3O3/c1-12(29)26-19-9-7-16(11-18(19)24)27-22(31)17-8-4-14(23)10-20(17)28-21(30)13-2-5-15(25)6-3-13/h2-11H,1H3,(H,26,29)(H,27,31)(H,28,30). The van der Waals surface area contributed by atoms with Gasteiger partial charge in [-0.1, -0.05) is 23.2 Å². The van der Waals surface area contributed by atoms with Gasteiger partial charge in [0.05, 0.1) is 22.0 Å². The molecule has 0 atom stereocenters. The first kappa shape index (κ1) is 22.3. The number of halogens is 3. The van der Waals surface area contributed by atoms with Gasteiger partial charge in [-0.2, -0.15) is 0 Å². The Kier molecular flexibility index (Phi) is 6.89. The van der Waals surface area contributed by atoms with Gasteiger partial charge in [-0.25, -0.2) is 4.39 Å². The van der Waals surface area contributed by atoms with Gasteiger partial charge < -0.3 is 16.0 Å². The maximum absolute atomic E-state index is 13.1. The second-order valence-corrected chi connectivity index (χ2v) is 7.32. The van der Waals surface area contributed by atoms with E-state index < -0.39 is 17.6 Å². The summed E-state index contributed by atoms with van der Waals surface area (Å²) in [6.45, 7) is 1.36. The Morgan fingerprint density at radius 3 is 2.13 bits per heavy atom. The summed E-state index contributed by atoms with van der Waals surface area (Å²) in [5, 5.41) is 8.43. The van der Waals surface area contributed by atoms with Crippen molar-refractivity contribution in [3.63, 3.8) is 0 Å². The Balaban J connectivity index is 1.81. The summed E-state index contributed by atoms with van der Waals surface area (Å²) in [4.78, 5) is 36.5. The second-order valence-electron chi connectivity index (χ2n) is 6.48. The van der Waals surface area contributed by atoms with E-state index in [0.717, 1.165) is 12.1 Å². The number of rotatable bonds is 5. The first-order chi connectivity index (χ1) is 14.7. The van der Waals surface area contributed by atoms with Crippen LogP contribution < -0.4 is 16.0 Å². The molecule has 0 aliphatic carbocycles. The molecule has 0 fully saturated rings. The molecule has 3 aromatic carbocycles. The Morgan fingerprint density at radius 1 is 0.774 bits per heavy atom. The lowest BCUT2D eigenvalue weighted by Crippen LogP contribution is -2.18. The highest BCUT2D eigenvalue weighted by Gasteiger charge is 2.16. The first-order valence-electron chi connectivity index (χ1n) is 8.98. The molecule has 158 valence electrons. The van der Waals surface area contributed by atoms with Crippen LogP contribution in [-0.4, -0.2) is 17.7 Å². The van der Waals surface area contributed by atoms with Crippen molar-refractivity contribution in [1.29, 1.82) is 0 Å². The number of benzene rings is 3. The van der Waals surface area contributed by atoms with E-state index in [2.05, 4.69) is 16.0 Å². The van der Waals surface area contributed by atoms with Crippen molar-refractivity contribution >= 4 is 58.0 Å². The van der Waals surface area contributed by atoms with Gasteiger partial charge in [0.2, 0.25) is 5.91 Å². The molecule has 3 rings (SSSR count). The molecule has 0 spiro atoms. The van der Waals surface area contributed by atoms with Gasteiger partial charge in [0.1, 0.15) is 5.82 Å². The van der Waals surface area contributed by atoms with Crippen LogP contribution in [0.2, 0.25) is 10.0 Å². The summed E-state index contributed by atoms with van der Waals surface area (Å²) in [6.07, 6.45) is 0. The molecule has 0 aliphatic heterocycles. The monoisotopic (exact) mass is 459 g/mol. The third kappa shape index (κ3) is 5.81. The fourth-order valence-corrected chi connectivity index (χ4v) is 3.10. The molecule has 0 unspecified atom stereocenters. The minimum atomic E-state index is -0.529. The molecule has 0 saturated heterocycles. The molecule has 0 heterocycles. The highest BCUT2D eigenvalue weighted by molar-refractivity contribution is 6.34. The van der Waals surface area contributed by atoms with Gasteiger partial charge in [-0.05, 0) is 60.7 Å². The van der Waals surface area contributed by atoms with Gasteiger partial charge in [-0.3, -0.25) is 14.4 Å². The quantitative estimate of drug-likeness (QED) is 0.464. The number of amides is 3. The SMILES string of the molecule is CC(=O)Nc1ccc(NC(=O)c2ccc(Cl)cc2NC(=O)c2ccc(F)cc2)cc1Cl. The zero-order chi connectivity index (χ0) is 22.5. The van der Waals surface area contributed by atoms with Crippen molar-refractivity contribution in [2.45, 2.75) is 6.92 Å². The minimum absolute atomic E-state index is 0.155. The predicted octanol–water partition coefficient (Wildman–Crippen LogP) is 5.60. The number of hydrogen-bond donors (Lipinski definition) is 3. The van der Waals surface area contributed by atoms with Crippen LogP contribution >= 0.6 is 23.2 Å². The Bertz CT molecular complexity index is 1170. The number of carbonyl (C=O) groups is 3. The maximum atomic E-state index is 13.1. The van der Waals surface area contributed by atoms with Crippen molar-refractivity contribution in [2.75, 3.05) is 16.0 Å². The molecule has 0 bridgehead atoms. The second kappa shape index (κ2) is 9.59. The van der Waals surface area contributed by atoms with E-state index in [0.29, 0.717) is 16.4 Å². The molecule has 31 heavy (non-hydrogen) atoms. The Morgan fingerprint density at radius 2 is 1.48 bits per heavy atom. The van der Waals surface area contributed by atoms with Gasteiger partial charge in [0.15, 0.2) is 0 Å². The lowest BCUT2D eigenvalue weighted by molar-refractivity contribution is -0.114. The highest BCUT2D eigenvalue weighted by atomic mass is 35.5. The summed E-state index contributed by atoms with van der Waals surface area (Å²) < 4.78 is 13.1. The smallest absolute Gasteiger partial charge is 0.257 e. The molecule has 0 aliphatic rings. The van der Waals surface area contributed by atoms with Crippen LogP contribution in [0.15, 0.2) is 60.7 Å². The van der Waals surface area contributed by atoms with Crippen LogP contribution in [0.1, 0.15) is 27.6 Å². The summed E-state index contributed by atoms with van der Waals surface area (Å²) in [5.41, 5.74) is 1.34. The summed E-state index contributed by atoms with van der Waals surface area (Å²) in [6, 6.07) is 14.0. The van der Waals surface area contributed by atoms with Crippen molar-refractivity contribution < 1.29 is 18.8 Å². The van der Waals surface area contributed by atoms with Gasteiger partial charge in [0, 0.05) is 23.2 Å². The third-order valence-electron chi connectivity index (χ3n) is 4.12. The normalized spacial score (nSPS) is 10.3. The van der Waals surface area contributed by atoms with Crippen LogP contribution in [0.3, 0.4) is 0 Å². The highest BCUT2D eigenvalue weighted by Crippen LogP contribution is 2.27. The maximum Gasteiger partial charge on any atom is 0.257 e. The molecule has 3 aromatic rings. The Labute approximate surface area is 187 Å². The molecule has 0 radical (unpaired) electrons. The molecular weight excluding hydrogens is 444 g/mol. The third-order valence-corrected chi connectivity index (χ3v) is 4.67. The largest absolute Gasteiger partial charge is 0.325 e. The van der Waals surface area contributed by atoms with Gasteiger partial charge in [-0.15, -0.1) is 0 Å². The van der Waals surface area contributed by atoms with Crippen molar-refractivity contribution in [2.24, 2.45) is 0 Å². The predicted molar refractivity (Wildman–Crippen MR) is 120 cm³/mol. The fraction of sp³-hybridized carbons (Fsp3) is 0.0455. The van der Waals surface area contributed by atoms with Crippen LogP contribution in [0.4, 0.5) is 21.5 Å². The number of hydrogen-bond acceptors (Lipinski definition) is 3. The lowest BCUT2D eigenvalue weighted by Gasteiger charge is -2.13. The van der Waals surface area contributed by atoms with Crippen LogP contribution in [0, 0.1) is 5.82 Å². The molecule has 9 heteroatoms. The van der Waals surface area contributed by atoms with E-state index in [9.17, 15) is 18.8 Å². The van der Waals surface area contributed by atoms with Crippen molar-refractivity contribution in [3.8, 4) is 0 Å². The van der Waals surface area contributed by atoms with E-state index in [-0.39, 0.29) is 27.7 Å². The summed E-state index contributed by atoms with van der Waals surface area (Å²) in [7, 11) is 0.